The minimum Gasteiger partial charge on any atom is -0.430 e. The quantitative estimate of drug-likeness (QED) is 0.922. The first kappa shape index (κ1) is 13.5. The fourth-order valence-corrected chi connectivity index (χ4v) is 1.81. The van der Waals surface area contributed by atoms with Crippen LogP contribution in [0.25, 0.3) is 0 Å². The van der Waals surface area contributed by atoms with Gasteiger partial charge >= 0.3 is 5.63 Å². The van der Waals surface area contributed by atoms with Gasteiger partial charge < -0.3 is 9.73 Å². The van der Waals surface area contributed by atoms with Crippen molar-refractivity contribution in [3.05, 3.63) is 62.4 Å². The van der Waals surface area contributed by atoms with Gasteiger partial charge in [0.25, 0.3) is 5.91 Å². The van der Waals surface area contributed by atoms with E-state index in [-0.39, 0.29) is 10.0 Å². The molecule has 0 saturated carbocycles. The maximum Gasteiger partial charge on any atom is 0.335 e. The van der Waals surface area contributed by atoms with Crippen LogP contribution in [0.1, 0.15) is 15.9 Å². The molecular formula is C13H9BrFNO3. The first-order valence-electron chi connectivity index (χ1n) is 5.33. The molecule has 0 aliphatic carbocycles. The molecule has 19 heavy (non-hydrogen) atoms. The number of carbonyl (C=O) groups excluding carboxylic acids is 1. The molecule has 1 aromatic carbocycles. The van der Waals surface area contributed by atoms with Crippen molar-refractivity contribution in [1.29, 1.82) is 0 Å². The lowest BCUT2D eigenvalue weighted by atomic mass is 10.2. The van der Waals surface area contributed by atoms with E-state index in [2.05, 4.69) is 25.7 Å². The monoisotopic (exact) mass is 325 g/mol. The highest BCUT2D eigenvalue weighted by molar-refractivity contribution is 9.10. The molecule has 1 aromatic heterocycles. The summed E-state index contributed by atoms with van der Waals surface area (Å²) in [6.45, 7) is 1.68. The second kappa shape index (κ2) is 5.36. The molecule has 0 aliphatic rings. The molecule has 0 saturated heterocycles. The van der Waals surface area contributed by atoms with Gasteiger partial charge in [-0.3, -0.25) is 4.79 Å². The summed E-state index contributed by atoms with van der Waals surface area (Å²) in [4.78, 5) is 22.7. The van der Waals surface area contributed by atoms with Crippen LogP contribution in [-0.4, -0.2) is 5.91 Å². The van der Waals surface area contributed by atoms with Gasteiger partial charge in [-0.1, -0.05) is 0 Å². The summed E-state index contributed by atoms with van der Waals surface area (Å²) in [7, 11) is 0. The molecule has 4 nitrogen and oxygen atoms in total. The largest absolute Gasteiger partial charge is 0.430 e. The topological polar surface area (TPSA) is 59.3 Å². The third-order valence-electron chi connectivity index (χ3n) is 2.48. The van der Waals surface area contributed by atoms with E-state index in [1.165, 1.54) is 18.2 Å². The molecule has 1 N–H and O–H groups in total. The maximum absolute atomic E-state index is 13.3. The van der Waals surface area contributed by atoms with E-state index in [1.807, 2.05) is 0 Å². The zero-order chi connectivity index (χ0) is 14.0. The number of hydrogen-bond donors (Lipinski definition) is 1. The van der Waals surface area contributed by atoms with Crippen molar-refractivity contribution in [1.82, 2.24) is 0 Å². The van der Waals surface area contributed by atoms with Gasteiger partial charge in [-0.05, 0) is 46.6 Å². The zero-order valence-corrected chi connectivity index (χ0v) is 11.5. The van der Waals surface area contributed by atoms with E-state index in [0.29, 0.717) is 11.3 Å². The van der Waals surface area contributed by atoms with Gasteiger partial charge in [0.05, 0.1) is 10.0 Å². The number of nitrogens with one attached hydrogen (secondary N) is 1. The van der Waals surface area contributed by atoms with Crippen molar-refractivity contribution in [2.75, 3.05) is 5.32 Å². The second-order valence-electron chi connectivity index (χ2n) is 3.88. The number of halogens is 2. The molecule has 0 spiro atoms. The summed E-state index contributed by atoms with van der Waals surface area (Å²) in [6.07, 6.45) is 1.07. The Balaban J connectivity index is 2.26. The molecule has 0 unspecified atom stereocenters. The second-order valence-corrected chi connectivity index (χ2v) is 4.73. The SMILES string of the molecule is Cc1cc(F)c(Br)cc1NC(=O)c1ccc(=O)oc1. The smallest absolute Gasteiger partial charge is 0.335 e. The summed E-state index contributed by atoms with van der Waals surface area (Å²) in [5, 5.41) is 2.62. The molecule has 2 rings (SSSR count). The average molecular weight is 326 g/mol. The fourth-order valence-electron chi connectivity index (χ4n) is 1.46. The summed E-state index contributed by atoms with van der Waals surface area (Å²) < 4.78 is 18.1. The molecule has 0 radical (unpaired) electrons. The van der Waals surface area contributed by atoms with Gasteiger partial charge in [0.15, 0.2) is 0 Å². The zero-order valence-electron chi connectivity index (χ0n) is 9.87. The maximum atomic E-state index is 13.3. The Morgan fingerprint density at radius 2 is 2.11 bits per heavy atom. The van der Waals surface area contributed by atoms with E-state index >= 15 is 0 Å². The van der Waals surface area contributed by atoms with Crippen molar-refractivity contribution in [3.63, 3.8) is 0 Å². The van der Waals surface area contributed by atoms with Crippen molar-refractivity contribution >= 4 is 27.5 Å². The Morgan fingerprint density at radius 1 is 1.37 bits per heavy atom. The van der Waals surface area contributed by atoms with Crippen LogP contribution in [0.4, 0.5) is 10.1 Å². The Kier molecular flexibility index (Phi) is 3.80. The molecule has 6 heteroatoms. The number of aryl methyl sites for hydroxylation is 1. The number of carbonyl (C=O) groups is 1. The van der Waals surface area contributed by atoms with Crippen LogP contribution in [-0.2, 0) is 0 Å². The predicted octanol–water partition coefficient (Wildman–Crippen LogP) is 3.10. The van der Waals surface area contributed by atoms with E-state index in [9.17, 15) is 14.0 Å². The molecule has 0 atom stereocenters. The van der Waals surface area contributed by atoms with Crippen molar-refractivity contribution < 1.29 is 13.6 Å². The first-order chi connectivity index (χ1) is 8.97. The van der Waals surface area contributed by atoms with Gasteiger partial charge in [0.2, 0.25) is 0 Å². The minimum absolute atomic E-state index is 0.208. The lowest BCUT2D eigenvalue weighted by molar-refractivity contribution is 0.102. The molecule has 0 bridgehead atoms. The van der Waals surface area contributed by atoms with Gasteiger partial charge in [-0.15, -0.1) is 0 Å². The number of amides is 1. The van der Waals surface area contributed by atoms with Crippen LogP contribution in [0.2, 0.25) is 0 Å². The summed E-state index contributed by atoms with van der Waals surface area (Å²) in [5.74, 6) is -0.841. The highest BCUT2D eigenvalue weighted by Crippen LogP contribution is 2.24. The first-order valence-corrected chi connectivity index (χ1v) is 6.12. The summed E-state index contributed by atoms with van der Waals surface area (Å²) in [6, 6.07) is 5.30. The Labute approximate surface area is 116 Å². The van der Waals surface area contributed by atoms with Gasteiger partial charge in [0, 0.05) is 11.8 Å². The van der Waals surface area contributed by atoms with E-state index in [0.717, 1.165) is 12.3 Å². The number of benzene rings is 1. The Hall–Kier alpha value is -1.95. The minimum atomic E-state index is -0.530. The number of hydrogen-bond acceptors (Lipinski definition) is 3. The average Bonchev–Trinajstić information content (AvgIpc) is 2.36. The number of rotatable bonds is 2. The van der Waals surface area contributed by atoms with Crippen LogP contribution in [0, 0.1) is 12.7 Å². The van der Waals surface area contributed by atoms with Crippen molar-refractivity contribution in [3.8, 4) is 0 Å². The van der Waals surface area contributed by atoms with Gasteiger partial charge in [0.1, 0.15) is 12.1 Å². The third-order valence-corrected chi connectivity index (χ3v) is 3.09. The Bertz CT molecular complexity index is 676. The van der Waals surface area contributed by atoms with Crippen LogP contribution < -0.4 is 10.9 Å². The fraction of sp³-hybridized carbons (Fsp3) is 0.0769. The molecular weight excluding hydrogens is 317 g/mol. The normalized spacial score (nSPS) is 10.3. The molecule has 0 fully saturated rings. The molecule has 1 heterocycles. The van der Waals surface area contributed by atoms with E-state index < -0.39 is 17.3 Å². The van der Waals surface area contributed by atoms with E-state index in [1.54, 1.807) is 6.92 Å². The van der Waals surface area contributed by atoms with Crippen LogP contribution in [0.3, 0.4) is 0 Å². The summed E-state index contributed by atoms with van der Waals surface area (Å²) >= 11 is 3.05. The van der Waals surface area contributed by atoms with Crippen molar-refractivity contribution in [2.45, 2.75) is 6.92 Å². The lowest BCUT2D eigenvalue weighted by Gasteiger charge is -2.09. The molecule has 0 aliphatic heterocycles. The van der Waals surface area contributed by atoms with Gasteiger partial charge in [-0.25, -0.2) is 9.18 Å². The van der Waals surface area contributed by atoms with Crippen LogP contribution in [0.15, 0.2) is 44.2 Å². The lowest BCUT2D eigenvalue weighted by Crippen LogP contribution is -2.14. The molecule has 1 amide bonds. The highest BCUT2D eigenvalue weighted by Gasteiger charge is 2.11. The molecule has 2 aromatic rings. The van der Waals surface area contributed by atoms with Crippen molar-refractivity contribution in [2.24, 2.45) is 0 Å². The number of anilines is 1. The van der Waals surface area contributed by atoms with E-state index in [4.69, 9.17) is 0 Å². The van der Waals surface area contributed by atoms with Gasteiger partial charge in [-0.2, -0.15) is 0 Å². The van der Waals surface area contributed by atoms with Crippen LogP contribution in [0.5, 0.6) is 0 Å². The predicted molar refractivity (Wildman–Crippen MR) is 71.8 cm³/mol. The standard InChI is InChI=1S/C13H9BrFNO3/c1-7-4-10(15)9(14)5-11(7)16-13(18)8-2-3-12(17)19-6-8/h2-6H,1H3,(H,16,18). The third kappa shape index (κ3) is 3.08. The summed E-state index contributed by atoms with van der Waals surface area (Å²) in [5.41, 5.74) is 0.743. The highest BCUT2D eigenvalue weighted by atomic mass is 79.9. The molecule has 98 valence electrons. The Morgan fingerprint density at radius 3 is 2.74 bits per heavy atom. The van der Waals surface area contributed by atoms with Crippen LogP contribution >= 0.6 is 15.9 Å².